The lowest BCUT2D eigenvalue weighted by Gasteiger charge is -2.45. The lowest BCUT2D eigenvalue weighted by molar-refractivity contribution is 0.395. The first-order chi connectivity index (χ1) is 6.92. The van der Waals surface area contributed by atoms with Crippen molar-refractivity contribution in [2.75, 3.05) is 17.7 Å². The van der Waals surface area contributed by atoms with Crippen molar-refractivity contribution in [3.05, 3.63) is 23.8 Å². The van der Waals surface area contributed by atoms with Crippen LogP contribution in [0.1, 0.15) is 38.7 Å². The number of fused-ring (bicyclic) bond motifs is 1. The largest absolute Gasteiger partial charge is 0.399 e. The van der Waals surface area contributed by atoms with E-state index in [1.807, 2.05) is 6.07 Å². The van der Waals surface area contributed by atoms with Gasteiger partial charge in [-0.05, 0) is 49.9 Å². The third-order valence-corrected chi connectivity index (χ3v) is 3.66. The summed E-state index contributed by atoms with van der Waals surface area (Å²) in [4.78, 5) is 2.36. The van der Waals surface area contributed by atoms with E-state index in [0.717, 1.165) is 5.69 Å². The topological polar surface area (TPSA) is 29.3 Å². The van der Waals surface area contributed by atoms with Gasteiger partial charge in [0, 0.05) is 24.0 Å². The van der Waals surface area contributed by atoms with Gasteiger partial charge in [0.05, 0.1) is 0 Å². The molecular weight excluding hydrogens is 184 g/mol. The summed E-state index contributed by atoms with van der Waals surface area (Å²) in [5, 5.41) is 0. The van der Waals surface area contributed by atoms with Crippen molar-refractivity contribution in [2.24, 2.45) is 0 Å². The monoisotopic (exact) mass is 204 g/mol. The molecular formula is C13H20N2. The molecule has 1 unspecified atom stereocenters. The van der Waals surface area contributed by atoms with Crippen molar-refractivity contribution in [1.82, 2.24) is 0 Å². The van der Waals surface area contributed by atoms with Crippen LogP contribution in [0.2, 0.25) is 0 Å². The molecule has 1 aliphatic heterocycles. The molecule has 0 amide bonds. The zero-order chi connectivity index (χ0) is 11.2. The van der Waals surface area contributed by atoms with Gasteiger partial charge in [-0.1, -0.05) is 6.92 Å². The number of nitrogens with two attached hydrogens (primary N) is 1. The van der Waals surface area contributed by atoms with Gasteiger partial charge in [0.1, 0.15) is 0 Å². The summed E-state index contributed by atoms with van der Waals surface area (Å²) in [6, 6.07) is 6.25. The van der Waals surface area contributed by atoms with Gasteiger partial charge in [-0.2, -0.15) is 0 Å². The van der Waals surface area contributed by atoms with E-state index in [1.165, 1.54) is 17.7 Å². The molecule has 1 aromatic carbocycles. The molecule has 0 fully saturated rings. The number of benzene rings is 1. The molecule has 0 saturated heterocycles. The summed E-state index contributed by atoms with van der Waals surface area (Å²) in [5.74, 6) is 0.592. The van der Waals surface area contributed by atoms with Gasteiger partial charge < -0.3 is 10.6 Å². The lowest BCUT2D eigenvalue weighted by Crippen LogP contribution is -2.45. The molecule has 2 N–H and O–H groups in total. The van der Waals surface area contributed by atoms with Crippen LogP contribution in [0.25, 0.3) is 0 Å². The Kier molecular flexibility index (Phi) is 2.18. The lowest BCUT2D eigenvalue weighted by atomic mass is 9.80. The minimum atomic E-state index is 0.239. The maximum Gasteiger partial charge on any atom is 0.0404 e. The summed E-state index contributed by atoms with van der Waals surface area (Å²) in [6.45, 7) is 6.87. The number of hydrogen-bond acceptors (Lipinski definition) is 2. The van der Waals surface area contributed by atoms with Crippen molar-refractivity contribution >= 4 is 11.4 Å². The van der Waals surface area contributed by atoms with Gasteiger partial charge >= 0.3 is 0 Å². The highest BCUT2D eigenvalue weighted by molar-refractivity contribution is 5.63. The second-order valence-corrected chi connectivity index (χ2v) is 5.29. The highest BCUT2D eigenvalue weighted by Gasteiger charge is 2.33. The molecule has 0 aromatic heterocycles. The maximum atomic E-state index is 5.84. The molecule has 2 rings (SSSR count). The van der Waals surface area contributed by atoms with Crippen molar-refractivity contribution in [3.8, 4) is 0 Å². The van der Waals surface area contributed by atoms with E-state index in [1.54, 1.807) is 0 Å². The van der Waals surface area contributed by atoms with Crippen molar-refractivity contribution in [3.63, 3.8) is 0 Å². The highest BCUT2D eigenvalue weighted by Crippen LogP contribution is 2.42. The summed E-state index contributed by atoms with van der Waals surface area (Å²) in [5.41, 5.74) is 9.66. The Morgan fingerprint density at radius 1 is 1.40 bits per heavy atom. The number of hydrogen-bond donors (Lipinski definition) is 1. The summed E-state index contributed by atoms with van der Waals surface area (Å²) in [6.07, 6.45) is 1.18. The number of anilines is 2. The zero-order valence-corrected chi connectivity index (χ0v) is 10.0. The zero-order valence-electron chi connectivity index (χ0n) is 10.0. The number of nitrogen functional groups attached to an aromatic ring is 1. The third kappa shape index (κ3) is 1.58. The van der Waals surface area contributed by atoms with Gasteiger partial charge in [-0.25, -0.2) is 0 Å². The van der Waals surface area contributed by atoms with Crippen LogP contribution in [-0.2, 0) is 0 Å². The Balaban J connectivity index is 2.54. The first-order valence-corrected chi connectivity index (χ1v) is 5.55. The van der Waals surface area contributed by atoms with Crippen molar-refractivity contribution in [1.29, 1.82) is 0 Å². The Morgan fingerprint density at radius 3 is 2.73 bits per heavy atom. The third-order valence-electron chi connectivity index (χ3n) is 3.66. The second kappa shape index (κ2) is 3.16. The molecule has 2 nitrogen and oxygen atoms in total. The minimum absolute atomic E-state index is 0.239. The minimum Gasteiger partial charge on any atom is -0.399 e. The van der Waals surface area contributed by atoms with Gasteiger partial charge in [0.2, 0.25) is 0 Å². The fraction of sp³-hybridized carbons (Fsp3) is 0.538. The molecule has 0 spiro atoms. The van der Waals surface area contributed by atoms with Gasteiger partial charge in [-0.3, -0.25) is 0 Å². The predicted octanol–water partition coefficient (Wildman–Crippen LogP) is 2.99. The Bertz CT molecular complexity index is 382. The highest BCUT2D eigenvalue weighted by atomic mass is 15.2. The molecule has 1 atom stereocenters. The quantitative estimate of drug-likeness (QED) is 0.658. The van der Waals surface area contributed by atoms with Gasteiger partial charge in [0.15, 0.2) is 0 Å². The van der Waals surface area contributed by atoms with Crippen LogP contribution in [0.5, 0.6) is 0 Å². The van der Waals surface area contributed by atoms with Crippen LogP contribution in [0, 0.1) is 0 Å². The van der Waals surface area contributed by atoms with Gasteiger partial charge in [-0.15, -0.1) is 0 Å². The van der Waals surface area contributed by atoms with E-state index in [4.69, 9.17) is 5.73 Å². The normalized spacial score (nSPS) is 23.7. The predicted molar refractivity (Wildman–Crippen MR) is 66.4 cm³/mol. The molecule has 0 saturated carbocycles. The van der Waals surface area contributed by atoms with Crippen LogP contribution >= 0.6 is 0 Å². The molecule has 1 aliphatic rings. The number of nitrogens with zero attached hydrogens (tertiary/aromatic N) is 1. The van der Waals surface area contributed by atoms with E-state index in [-0.39, 0.29) is 5.54 Å². The van der Waals surface area contributed by atoms with Crippen LogP contribution < -0.4 is 10.6 Å². The van der Waals surface area contributed by atoms with E-state index >= 15 is 0 Å². The molecule has 0 bridgehead atoms. The van der Waals surface area contributed by atoms with Crippen LogP contribution in [-0.4, -0.2) is 12.6 Å². The van der Waals surface area contributed by atoms with Crippen LogP contribution in [0.4, 0.5) is 11.4 Å². The molecule has 82 valence electrons. The van der Waals surface area contributed by atoms with E-state index in [2.05, 4.69) is 44.9 Å². The molecule has 0 aliphatic carbocycles. The average molecular weight is 204 g/mol. The molecule has 0 radical (unpaired) electrons. The summed E-state index contributed by atoms with van der Waals surface area (Å²) >= 11 is 0. The van der Waals surface area contributed by atoms with Crippen molar-refractivity contribution < 1.29 is 0 Å². The maximum absolute atomic E-state index is 5.84. The molecule has 2 heteroatoms. The van der Waals surface area contributed by atoms with Crippen molar-refractivity contribution in [2.45, 2.75) is 38.6 Å². The van der Waals surface area contributed by atoms with E-state index < -0.39 is 0 Å². The number of rotatable bonds is 0. The van der Waals surface area contributed by atoms with E-state index in [9.17, 15) is 0 Å². The molecule has 1 heterocycles. The van der Waals surface area contributed by atoms with Crippen LogP contribution in [0.3, 0.4) is 0 Å². The first-order valence-electron chi connectivity index (χ1n) is 5.55. The van der Waals surface area contributed by atoms with Crippen LogP contribution in [0.15, 0.2) is 18.2 Å². The van der Waals surface area contributed by atoms with E-state index in [0.29, 0.717) is 5.92 Å². The Morgan fingerprint density at radius 2 is 2.07 bits per heavy atom. The smallest absolute Gasteiger partial charge is 0.0404 e. The standard InChI is InChI=1S/C13H20N2/c1-9-8-13(2,3)15(4)12-6-5-10(14)7-11(9)12/h5-7,9H,8,14H2,1-4H3. The molecule has 15 heavy (non-hydrogen) atoms. The molecule has 1 aromatic rings. The Labute approximate surface area is 92.1 Å². The van der Waals surface area contributed by atoms with Gasteiger partial charge in [0.25, 0.3) is 0 Å². The summed E-state index contributed by atoms with van der Waals surface area (Å²) in [7, 11) is 2.17. The first kappa shape index (κ1) is 10.3. The SMILES string of the molecule is CC1CC(C)(C)N(C)c2ccc(N)cc21. The average Bonchev–Trinajstić information content (AvgIpc) is 2.14. The fourth-order valence-corrected chi connectivity index (χ4v) is 2.60. The Hall–Kier alpha value is -1.18. The fourth-order valence-electron chi connectivity index (χ4n) is 2.60. The second-order valence-electron chi connectivity index (χ2n) is 5.29. The summed E-state index contributed by atoms with van der Waals surface area (Å²) < 4.78 is 0.